The van der Waals surface area contributed by atoms with Gasteiger partial charge in [0, 0.05) is 69.8 Å². The molecule has 0 bridgehead atoms. The summed E-state index contributed by atoms with van der Waals surface area (Å²) < 4.78 is 0. The highest BCUT2D eigenvalue weighted by molar-refractivity contribution is 6.01. The van der Waals surface area contributed by atoms with Crippen LogP contribution in [-0.4, -0.2) is 85.3 Å². The molecule has 1 aromatic rings. The number of carbonyl (C=O) groups is 2. The topological polar surface area (TPSA) is 72.9 Å². The van der Waals surface area contributed by atoms with E-state index in [1.807, 2.05) is 6.08 Å². The lowest BCUT2D eigenvalue weighted by molar-refractivity contribution is -0.128. The average Bonchev–Trinajstić information content (AvgIpc) is 3.83. The molecule has 2 unspecified atom stereocenters. The van der Waals surface area contributed by atoms with Gasteiger partial charge in [0.25, 0.3) is 0 Å². The van der Waals surface area contributed by atoms with Crippen molar-refractivity contribution in [3.05, 3.63) is 41.5 Å². The summed E-state index contributed by atoms with van der Waals surface area (Å²) in [6.07, 6.45) is 18.4. The second-order valence-corrected chi connectivity index (χ2v) is 15.4. The van der Waals surface area contributed by atoms with E-state index in [9.17, 15) is 9.59 Å². The lowest BCUT2D eigenvalue weighted by atomic mass is 9.52. The van der Waals surface area contributed by atoms with Crippen molar-refractivity contribution in [3.63, 3.8) is 0 Å². The Morgan fingerprint density at radius 3 is 2.24 bits per heavy atom. The van der Waals surface area contributed by atoms with Crippen molar-refractivity contribution in [1.29, 1.82) is 0 Å². The van der Waals surface area contributed by atoms with Crippen LogP contribution in [0.2, 0.25) is 0 Å². The lowest BCUT2D eigenvalue weighted by Gasteiger charge is -2.52. The van der Waals surface area contributed by atoms with Crippen LogP contribution in [0.25, 0.3) is 0 Å². The fourth-order valence-electron chi connectivity index (χ4n) is 10.3. The van der Waals surface area contributed by atoms with E-state index >= 15 is 0 Å². The SMILES string of the molecule is CC12C=CC(=O)C=C1CC[C@@H]1C2=CCC2(C)[C@@H](C(=O)CN3CCN(c4cc(N5CCCC5)nc(N5CCCC5)n4)CC3)CC[C@@H]12. The van der Waals surface area contributed by atoms with Crippen molar-refractivity contribution in [1.82, 2.24) is 14.9 Å². The van der Waals surface area contributed by atoms with E-state index in [1.165, 1.54) is 36.8 Å². The summed E-state index contributed by atoms with van der Waals surface area (Å²) in [6, 6.07) is 2.21. The van der Waals surface area contributed by atoms with Gasteiger partial charge in [0.15, 0.2) is 5.78 Å². The van der Waals surface area contributed by atoms with Crippen molar-refractivity contribution in [2.45, 2.75) is 71.6 Å². The third kappa shape index (κ3) is 5.06. The zero-order valence-corrected chi connectivity index (χ0v) is 27.3. The summed E-state index contributed by atoms with van der Waals surface area (Å²) in [5, 5.41) is 0. The van der Waals surface area contributed by atoms with Gasteiger partial charge < -0.3 is 14.7 Å². The van der Waals surface area contributed by atoms with Crippen LogP contribution in [0.5, 0.6) is 0 Å². The van der Waals surface area contributed by atoms with Crippen molar-refractivity contribution in [3.8, 4) is 0 Å². The van der Waals surface area contributed by atoms with Gasteiger partial charge in [0.2, 0.25) is 5.95 Å². The van der Waals surface area contributed by atoms with E-state index < -0.39 is 0 Å². The molecule has 5 fully saturated rings. The number of carbonyl (C=O) groups excluding carboxylic acids is 2. The number of Topliss-reactive ketones (excluding diaryl/α,β-unsaturated/α-hetero) is 1. The number of nitrogens with zero attached hydrogens (tertiary/aromatic N) is 6. The fraction of sp³-hybridized carbons (Fsp3) is 0.676. The van der Waals surface area contributed by atoms with Crippen LogP contribution in [0, 0.1) is 28.6 Å². The molecular formula is C37H50N6O2. The van der Waals surface area contributed by atoms with Gasteiger partial charge in [0.05, 0.1) is 6.54 Å². The molecule has 0 aromatic carbocycles. The monoisotopic (exact) mass is 610 g/mol. The molecule has 5 atom stereocenters. The Labute approximate surface area is 268 Å². The van der Waals surface area contributed by atoms with Gasteiger partial charge in [0.1, 0.15) is 17.4 Å². The zero-order chi connectivity index (χ0) is 30.8. The predicted octanol–water partition coefficient (Wildman–Crippen LogP) is 5.21. The molecule has 3 saturated heterocycles. The molecule has 240 valence electrons. The number of allylic oxidation sites excluding steroid dienone is 6. The predicted molar refractivity (Wildman–Crippen MR) is 179 cm³/mol. The van der Waals surface area contributed by atoms with Crippen molar-refractivity contribution < 1.29 is 9.59 Å². The van der Waals surface area contributed by atoms with Crippen LogP contribution < -0.4 is 14.7 Å². The van der Waals surface area contributed by atoms with Crippen LogP contribution in [-0.2, 0) is 9.59 Å². The molecule has 2 saturated carbocycles. The van der Waals surface area contributed by atoms with E-state index in [4.69, 9.17) is 9.97 Å². The molecule has 4 aliphatic carbocycles. The van der Waals surface area contributed by atoms with E-state index in [-0.39, 0.29) is 22.5 Å². The minimum Gasteiger partial charge on any atom is -0.356 e. The van der Waals surface area contributed by atoms with Crippen molar-refractivity contribution >= 4 is 29.2 Å². The van der Waals surface area contributed by atoms with Gasteiger partial charge in [-0.15, -0.1) is 0 Å². The van der Waals surface area contributed by atoms with Crippen molar-refractivity contribution in [2.75, 3.05) is 73.6 Å². The molecule has 45 heavy (non-hydrogen) atoms. The number of piperazine rings is 1. The maximum atomic E-state index is 14.0. The molecule has 1 aromatic heterocycles. The van der Waals surface area contributed by atoms with Gasteiger partial charge in [-0.1, -0.05) is 30.2 Å². The number of fused-ring (bicyclic) bond motifs is 5. The van der Waals surface area contributed by atoms with Crippen LogP contribution in [0.3, 0.4) is 0 Å². The van der Waals surface area contributed by atoms with E-state index in [2.05, 4.69) is 51.7 Å². The molecule has 7 aliphatic rings. The highest BCUT2D eigenvalue weighted by Crippen LogP contribution is 2.64. The highest BCUT2D eigenvalue weighted by atomic mass is 16.1. The lowest BCUT2D eigenvalue weighted by Crippen LogP contribution is -2.50. The third-order valence-corrected chi connectivity index (χ3v) is 12.9. The van der Waals surface area contributed by atoms with Gasteiger partial charge in [-0.05, 0) is 94.1 Å². The molecule has 0 radical (unpaired) electrons. The molecule has 4 heterocycles. The molecule has 0 N–H and O–H groups in total. The fourth-order valence-corrected chi connectivity index (χ4v) is 10.3. The van der Waals surface area contributed by atoms with Crippen LogP contribution >= 0.6 is 0 Å². The first-order chi connectivity index (χ1) is 21.8. The zero-order valence-electron chi connectivity index (χ0n) is 27.3. The van der Waals surface area contributed by atoms with Gasteiger partial charge in [-0.25, -0.2) is 0 Å². The number of aromatic nitrogens is 2. The third-order valence-electron chi connectivity index (χ3n) is 12.9. The van der Waals surface area contributed by atoms with Crippen LogP contribution in [0.15, 0.2) is 41.5 Å². The number of rotatable bonds is 6. The Balaban J connectivity index is 0.930. The number of hydrogen-bond acceptors (Lipinski definition) is 8. The number of anilines is 3. The van der Waals surface area contributed by atoms with Gasteiger partial charge >= 0.3 is 0 Å². The Bertz CT molecular complexity index is 1410. The van der Waals surface area contributed by atoms with E-state index in [1.54, 1.807) is 6.08 Å². The first kappa shape index (κ1) is 29.4. The second kappa shape index (κ2) is 11.4. The van der Waals surface area contributed by atoms with Crippen LogP contribution in [0.1, 0.15) is 71.6 Å². The largest absolute Gasteiger partial charge is 0.356 e. The minimum absolute atomic E-state index is 0.0394. The van der Waals surface area contributed by atoms with E-state index in [0.717, 1.165) is 102 Å². The Hall–Kier alpha value is -3.00. The van der Waals surface area contributed by atoms with Gasteiger partial charge in [-0.2, -0.15) is 9.97 Å². The van der Waals surface area contributed by atoms with Crippen molar-refractivity contribution in [2.24, 2.45) is 28.6 Å². The Morgan fingerprint density at radius 2 is 1.53 bits per heavy atom. The molecule has 3 aliphatic heterocycles. The molecule has 0 amide bonds. The smallest absolute Gasteiger partial charge is 0.229 e. The maximum Gasteiger partial charge on any atom is 0.229 e. The summed E-state index contributed by atoms with van der Waals surface area (Å²) in [5.74, 6) is 4.82. The van der Waals surface area contributed by atoms with Gasteiger partial charge in [-0.3, -0.25) is 14.5 Å². The Kier molecular flexibility index (Phi) is 7.42. The van der Waals surface area contributed by atoms with E-state index in [0.29, 0.717) is 24.2 Å². The number of ketones is 2. The standard InChI is InChI=1S/C37H50N6O2/c1-36-13-11-27(44)23-26(36)7-8-28-29-9-10-31(37(29,2)14-12-30(28)36)32(45)25-40-19-21-42(22-20-40)34-24-33(41-15-3-4-16-41)38-35(39-34)43-17-5-6-18-43/h11-13,23-24,28-29,31H,3-10,14-22,25H2,1-2H3/t28-,29-,31+,36?,37?/m0/s1. The quantitative estimate of drug-likeness (QED) is 0.407. The summed E-state index contributed by atoms with van der Waals surface area (Å²) >= 11 is 0. The summed E-state index contributed by atoms with van der Waals surface area (Å²) in [5.41, 5.74) is 2.72. The molecule has 8 rings (SSSR count). The maximum absolute atomic E-state index is 14.0. The highest BCUT2D eigenvalue weighted by Gasteiger charge is 2.57. The summed E-state index contributed by atoms with van der Waals surface area (Å²) in [6.45, 7) is 13.1. The number of hydrogen-bond donors (Lipinski definition) is 0. The van der Waals surface area contributed by atoms with Crippen LogP contribution in [0.4, 0.5) is 17.6 Å². The average molecular weight is 611 g/mol. The Morgan fingerprint density at radius 1 is 0.867 bits per heavy atom. The molecular weight excluding hydrogens is 560 g/mol. The summed E-state index contributed by atoms with van der Waals surface area (Å²) in [7, 11) is 0. The second-order valence-electron chi connectivity index (χ2n) is 15.4. The normalized spacial score (nSPS) is 34.8. The molecule has 8 heteroatoms. The molecule has 8 nitrogen and oxygen atoms in total. The summed E-state index contributed by atoms with van der Waals surface area (Å²) in [4.78, 5) is 45.8. The minimum atomic E-state index is -0.117. The first-order valence-corrected chi connectivity index (χ1v) is 17.9. The first-order valence-electron chi connectivity index (χ1n) is 17.9. The molecule has 0 spiro atoms.